The van der Waals surface area contributed by atoms with Gasteiger partial charge < -0.3 is 14.6 Å². The van der Waals surface area contributed by atoms with E-state index in [1.54, 1.807) is 18.2 Å². The van der Waals surface area contributed by atoms with E-state index < -0.39 is 7.12 Å². The van der Waals surface area contributed by atoms with Crippen molar-refractivity contribution in [2.75, 3.05) is 0 Å². The van der Waals surface area contributed by atoms with Crippen molar-refractivity contribution in [1.29, 1.82) is 0 Å². The van der Waals surface area contributed by atoms with Crippen molar-refractivity contribution >= 4 is 12.6 Å². The predicted molar refractivity (Wildman–Crippen MR) is 65.8 cm³/mol. The lowest BCUT2D eigenvalue weighted by atomic mass is 9.76. The largest absolute Gasteiger partial charge is 0.489 e. The number of nitrogens with zero attached hydrogens (tertiary/aromatic N) is 1. The first-order valence-corrected chi connectivity index (χ1v) is 5.63. The molecule has 0 amide bonds. The zero-order valence-electron chi connectivity index (χ0n) is 9.63. The topological polar surface area (TPSA) is 66.5 Å². The molecule has 88 valence electrons. The molecule has 0 spiro atoms. The number of rotatable bonds is 4. The van der Waals surface area contributed by atoms with Gasteiger partial charge >= 0.3 is 7.12 Å². The molecule has 17 heavy (non-hydrogen) atoms. The molecule has 0 aliphatic rings. The van der Waals surface area contributed by atoms with E-state index in [4.69, 9.17) is 4.52 Å². The lowest BCUT2D eigenvalue weighted by Gasteiger charge is -2.04. The Bertz CT molecular complexity index is 496. The van der Waals surface area contributed by atoms with Crippen LogP contribution in [0.4, 0.5) is 0 Å². The highest BCUT2D eigenvalue weighted by Gasteiger charge is 2.18. The second-order valence-corrected chi connectivity index (χ2v) is 3.89. The van der Waals surface area contributed by atoms with Crippen LogP contribution in [0.25, 0.3) is 11.3 Å². The Hall–Kier alpha value is -1.59. The van der Waals surface area contributed by atoms with Crippen LogP contribution < -0.4 is 5.46 Å². The van der Waals surface area contributed by atoms with Crippen LogP contribution in [-0.2, 0) is 6.42 Å². The van der Waals surface area contributed by atoms with E-state index in [1.165, 1.54) is 0 Å². The molecule has 1 aromatic heterocycles. The van der Waals surface area contributed by atoms with Gasteiger partial charge in [-0.2, -0.15) is 0 Å². The fourth-order valence-corrected chi connectivity index (χ4v) is 1.76. The molecule has 0 atom stereocenters. The molecule has 4 nitrogen and oxygen atoms in total. The number of aryl methyl sites for hydroxylation is 1. The molecule has 0 aliphatic carbocycles. The highest BCUT2D eigenvalue weighted by Crippen LogP contribution is 2.18. The third-order valence-electron chi connectivity index (χ3n) is 2.57. The molecule has 0 radical (unpaired) electrons. The van der Waals surface area contributed by atoms with Crippen molar-refractivity contribution in [1.82, 2.24) is 5.16 Å². The lowest BCUT2D eigenvalue weighted by molar-refractivity contribution is 0.384. The highest BCUT2D eigenvalue weighted by atomic mass is 16.5. The summed E-state index contributed by atoms with van der Waals surface area (Å²) in [4.78, 5) is 0. The number of hydrogen-bond acceptors (Lipinski definition) is 4. The molecule has 0 bridgehead atoms. The summed E-state index contributed by atoms with van der Waals surface area (Å²) in [5.74, 6) is 0.810. The molecule has 1 heterocycles. The average molecular weight is 231 g/mol. The Balaban J connectivity index is 2.38. The van der Waals surface area contributed by atoms with Crippen LogP contribution in [0.15, 0.2) is 34.9 Å². The fourth-order valence-electron chi connectivity index (χ4n) is 1.76. The smallest absolute Gasteiger partial charge is 0.423 e. The summed E-state index contributed by atoms with van der Waals surface area (Å²) in [6.07, 6.45) is 1.82. The summed E-state index contributed by atoms with van der Waals surface area (Å²) in [5, 5.41) is 22.5. The van der Waals surface area contributed by atoms with Crippen LogP contribution >= 0.6 is 0 Å². The van der Waals surface area contributed by atoms with Gasteiger partial charge in [0.1, 0.15) is 11.5 Å². The van der Waals surface area contributed by atoms with Gasteiger partial charge in [-0.3, -0.25) is 0 Å². The summed E-state index contributed by atoms with van der Waals surface area (Å²) in [7, 11) is -1.50. The van der Waals surface area contributed by atoms with Crippen molar-refractivity contribution in [2.45, 2.75) is 19.8 Å². The van der Waals surface area contributed by atoms with Crippen LogP contribution in [0.1, 0.15) is 19.1 Å². The first kappa shape index (κ1) is 11.9. The van der Waals surface area contributed by atoms with Gasteiger partial charge in [-0.15, -0.1) is 0 Å². The van der Waals surface area contributed by atoms with Gasteiger partial charge in [0.2, 0.25) is 0 Å². The highest BCUT2D eigenvalue weighted by molar-refractivity contribution is 6.60. The third-order valence-corrected chi connectivity index (χ3v) is 2.57. The van der Waals surface area contributed by atoms with E-state index >= 15 is 0 Å². The summed E-state index contributed by atoms with van der Waals surface area (Å²) in [5.41, 5.74) is 1.76. The normalized spacial score (nSPS) is 10.5. The maximum Gasteiger partial charge on any atom is 0.489 e. The average Bonchev–Trinajstić information content (AvgIpc) is 2.78. The lowest BCUT2D eigenvalue weighted by Crippen LogP contribution is -2.31. The van der Waals surface area contributed by atoms with Crippen molar-refractivity contribution in [3.63, 3.8) is 0 Å². The second-order valence-electron chi connectivity index (χ2n) is 3.89. The number of benzene rings is 1. The molecule has 0 unspecified atom stereocenters. The predicted octanol–water partition coefficient (Wildman–Crippen LogP) is 0.974. The van der Waals surface area contributed by atoms with E-state index in [-0.39, 0.29) is 0 Å². The standard InChI is InChI=1S/C12H14BNO3/c1-2-5-9-8-12(14-17-9)10-6-3-4-7-11(10)13(15)16/h3-4,6-8,15-16H,2,5H2,1H3. The van der Waals surface area contributed by atoms with E-state index in [0.29, 0.717) is 16.7 Å². The van der Waals surface area contributed by atoms with Gasteiger partial charge in [-0.25, -0.2) is 0 Å². The minimum atomic E-state index is -1.50. The molecule has 2 aromatic rings. The number of hydrogen-bond donors (Lipinski definition) is 2. The van der Waals surface area contributed by atoms with Gasteiger partial charge in [0, 0.05) is 18.1 Å². The summed E-state index contributed by atoms with van der Waals surface area (Å²) >= 11 is 0. The third kappa shape index (κ3) is 2.57. The van der Waals surface area contributed by atoms with Crippen LogP contribution in [0.3, 0.4) is 0 Å². The molecular weight excluding hydrogens is 217 g/mol. The molecular formula is C12H14BNO3. The molecule has 0 saturated carbocycles. The first-order chi connectivity index (χ1) is 8.22. The van der Waals surface area contributed by atoms with Gasteiger partial charge in [0.15, 0.2) is 0 Å². The van der Waals surface area contributed by atoms with Gasteiger partial charge in [-0.05, 0) is 11.9 Å². The Kier molecular flexibility index (Phi) is 3.61. The summed E-state index contributed by atoms with van der Waals surface area (Å²) < 4.78 is 5.18. The van der Waals surface area contributed by atoms with Crippen molar-refractivity contribution in [3.8, 4) is 11.3 Å². The monoisotopic (exact) mass is 231 g/mol. The zero-order valence-corrected chi connectivity index (χ0v) is 9.63. The Morgan fingerprint density at radius 1 is 1.29 bits per heavy atom. The van der Waals surface area contributed by atoms with Gasteiger partial charge in [0.05, 0.1) is 0 Å². The van der Waals surface area contributed by atoms with Crippen LogP contribution in [0, 0.1) is 0 Å². The van der Waals surface area contributed by atoms with Crippen LogP contribution in [0.2, 0.25) is 0 Å². The maximum absolute atomic E-state index is 9.27. The molecule has 0 aliphatic heterocycles. The van der Waals surface area contributed by atoms with Crippen LogP contribution in [0.5, 0.6) is 0 Å². The van der Waals surface area contributed by atoms with Crippen molar-refractivity contribution in [2.24, 2.45) is 0 Å². The fraction of sp³-hybridized carbons (Fsp3) is 0.250. The molecule has 5 heteroatoms. The Labute approximate surface area is 100 Å². The Morgan fingerprint density at radius 3 is 2.76 bits per heavy atom. The minimum absolute atomic E-state index is 0.434. The van der Waals surface area contributed by atoms with Crippen LogP contribution in [-0.4, -0.2) is 22.3 Å². The SMILES string of the molecule is CCCc1cc(-c2ccccc2B(O)O)no1. The molecule has 2 N–H and O–H groups in total. The molecule has 0 fully saturated rings. The molecule has 2 rings (SSSR count). The first-order valence-electron chi connectivity index (χ1n) is 5.63. The molecule has 1 aromatic carbocycles. The van der Waals surface area contributed by atoms with E-state index in [1.807, 2.05) is 12.1 Å². The Morgan fingerprint density at radius 2 is 2.06 bits per heavy atom. The summed E-state index contributed by atoms with van der Waals surface area (Å²) in [6.45, 7) is 2.06. The van der Waals surface area contributed by atoms with Crippen molar-refractivity contribution < 1.29 is 14.6 Å². The van der Waals surface area contributed by atoms with Gasteiger partial charge in [-0.1, -0.05) is 36.3 Å². The zero-order chi connectivity index (χ0) is 12.3. The second kappa shape index (κ2) is 5.16. The van der Waals surface area contributed by atoms with Crippen molar-refractivity contribution in [3.05, 3.63) is 36.1 Å². The summed E-state index contributed by atoms with van der Waals surface area (Å²) in [6, 6.07) is 8.88. The van der Waals surface area contributed by atoms with Gasteiger partial charge in [0.25, 0.3) is 0 Å². The number of aromatic nitrogens is 1. The minimum Gasteiger partial charge on any atom is -0.423 e. The van der Waals surface area contributed by atoms with E-state index in [2.05, 4.69) is 12.1 Å². The quantitative estimate of drug-likeness (QED) is 0.769. The van der Waals surface area contributed by atoms with E-state index in [9.17, 15) is 10.0 Å². The maximum atomic E-state index is 9.27. The van der Waals surface area contributed by atoms with E-state index in [0.717, 1.165) is 18.6 Å². The molecule has 0 saturated heterocycles.